The van der Waals surface area contributed by atoms with Crippen molar-refractivity contribution in [1.82, 2.24) is 0 Å². The molecule has 3 aromatic rings. The normalized spacial score (nSPS) is 22.6. The van der Waals surface area contributed by atoms with Gasteiger partial charge in [-0.2, -0.15) is 0 Å². The Kier molecular flexibility index (Phi) is 4.28. The zero-order valence-electron chi connectivity index (χ0n) is 16.5. The molecule has 0 N–H and O–H groups in total. The number of hydrogen-bond acceptors (Lipinski definition) is 4. The highest BCUT2D eigenvalue weighted by molar-refractivity contribution is 6.07. The molecule has 5 rings (SSSR count). The van der Waals surface area contributed by atoms with Crippen LogP contribution in [0.2, 0.25) is 0 Å². The molecule has 0 unspecified atom stereocenters. The van der Waals surface area contributed by atoms with Gasteiger partial charge in [0.25, 0.3) is 0 Å². The van der Waals surface area contributed by atoms with Crippen molar-refractivity contribution in [3.8, 4) is 5.75 Å². The van der Waals surface area contributed by atoms with E-state index in [9.17, 15) is 9.59 Å². The number of ether oxygens (including phenoxy) is 2. The zero-order chi connectivity index (χ0) is 20.7. The molecule has 0 amide bonds. The fourth-order valence-corrected chi connectivity index (χ4v) is 4.71. The minimum Gasteiger partial charge on any atom is -0.425 e. The maximum absolute atomic E-state index is 13.7. The van der Waals surface area contributed by atoms with Gasteiger partial charge in [0, 0.05) is 17.0 Å². The number of carbonyl (C=O) groups is 2. The van der Waals surface area contributed by atoms with E-state index in [0.29, 0.717) is 23.3 Å². The van der Waals surface area contributed by atoms with E-state index in [4.69, 9.17) is 9.47 Å². The Morgan fingerprint density at radius 1 is 0.800 bits per heavy atom. The summed E-state index contributed by atoms with van der Waals surface area (Å²) in [7, 11) is 0. The van der Waals surface area contributed by atoms with Crippen molar-refractivity contribution in [3.05, 3.63) is 107 Å². The highest BCUT2D eigenvalue weighted by Gasteiger charge is 2.57. The van der Waals surface area contributed by atoms with Gasteiger partial charge >= 0.3 is 11.9 Å². The molecule has 3 aromatic carbocycles. The Morgan fingerprint density at radius 2 is 1.43 bits per heavy atom. The Balaban J connectivity index is 1.86. The highest BCUT2D eigenvalue weighted by Crippen LogP contribution is 2.56. The molecule has 0 saturated heterocycles. The molecule has 0 aromatic heterocycles. The average molecular weight is 396 g/mol. The third kappa shape index (κ3) is 2.53. The first-order valence-electron chi connectivity index (χ1n) is 10.1. The van der Waals surface area contributed by atoms with Crippen LogP contribution in [-0.4, -0.2) is 11.9 Å². The standard InChI is InChI=1S/C26H20O4/c1-2-26(18-13-7-4-8-14-18)22-19-15-9-10-16-20(19)29-24(27)21(22)23(30-25(26)28)17-11-5-3-6-12-17/h3-16,22H,2H2,1H3/t22-,26-/m0/s1. The maximum atomic E-state index is 13.7. The van der Waals surface area contributed by atoms with E-state index in [1.54, 1.807) is 6.07 Å². The minimum atomic E-state index is -1.02. The smallest absolute Gasteiger partial charge is 0.343 e. The van der Waals surface area contributed by atoms with E-state index in [2.05, 4.69) is 0 Å². The van der Waals surface area contributed by atoms with Crippen LogP contribution in [0.25, 0.3) is 5.76 Å². The topological polar surface area (TPSA) is 52.6 Å². The van der Waals surface area contributed by atoms with Crippen molar-refractivity contribution in [2.75, 3.05) is 0 Å². The lowest BCUT2D eigenvalue weighted by Crippen LogP contribution is -2.49. The summed E-state index contributed by atoms with van der Waals surface area (Å²) in [6.07, 6.45) is 0.480. The maximum Gasteiger partial charge on any atom is 0.343 e. The SMILES string of the molecule is CC[C@@]1(c2ccccc2)C(=O)OC(c2ccccc2)=C2C(=O)Oc3ccccc3[C@@H]21. The summed E-state index contributed by atoms with van der Waals surface area (Å²) >= 11 is 0. The molecule has 0 bridgehead atoms. The second-order valence-corrected chi connectivity index (χ2v) is 7.55. The summed E-state index contributed by atoms with van der Waals surface area (Å²) in [6.45, 7) is 1.96. The quantitative estimate of drug-likeness (QED) is 0.462. The van der Waals surface area contributed by atoms with Crippen LogP contribution >= 0.6 is 0 Å². The van der Waals surface area contributed by atoms with Crippen LogP contribution in [0.5, 0.6) is 5.75 Å². The number of para-hydroxylation sites is 1. The van der Waals surface area contributed by atoms with Crippen molar-refractivity contribution in [2.24, 2.45) is 0 Å². The molecule has 30 heavy (non-hydrogen) atoms. The van der Waals surface area contributed by atoms with Gasteiger partial charge in [-0.15, -0.1) is 0 Å². The van der Waals surface area contributed by atoms with E-state index >= 15 is 0 Å². The van der Waals surface area contributed by atoms with Crippen molar-refractivity contribution in [1.29, 1.82) is 0 Å². The Bertz CT molecular complexity index is 1160. The number of esters is 2. The largest absolute Gasteiger partial charge is 0.425 e. The van der Waals surface area contributed by atoms with Gasteiger partial charge < -0.3 is 9.47 Å². The van der Waals surface area contributed by atoms with Gasteiger partial charge in [0.2, 0.25) is 0 Å². The molecule has 148 valence electrons. The predicted octanol–water partition coefficient (Wildman–Crippen LogP) is 5.01. The molecular weight excluding hydrogens is 376 g/mol. The van der Waals surface area contributed by atoms with E-state index < -0.39 is 17.3 Å². The lowest BCUT2D eigenvalue weighted by molar-refractivity contribution is -0.147. The molecule has 0 radical (unpaired) electrons. The predicted molar refractivity (Wildman–Crippen MR) is 113 cm³/mol. The highest BCUT2D eigenvalue weighted by atomic mass is 16.6. The third-order valence-electron chi connectivity index (χ3n) is 6.12. The summed E-state index contributed by atoms with van der Waals surface area (Å²) in [6, 6.07) is 26.3. The van der Waals surface area contributed by atoms with Crippen molar-refractivity contribution in [3.63, 3.8) is 0 Å². The van der Waals surface area contributed by atoms with Crippen molar-refractivity contribution < 1.29 is 19.1 Å². The van der Waals surface area contributed by atoms with Gasteiger partial charge in [-0.3, -0.25) is 4.79 Å². The molecular formula is C26H20O4. The van der Waals surface area contributed by atoms with Gasteiger partial charge in [-0.05, 0) is 18.1 Å². The monoisotopic (exact) mass is 396 g/mol. The number of rotatable bonds is 3. The van der Waals surface area contributed by atoms with Crippen LogP contribution in [0.4, 0.5) is 0 Å². The second-order valence-electron chi connectivity index (χ2n) is 7.55. The first kappa shape index (κ1) is 18.4. The summed E-state index contributed by atoms with van der Waals surface area (Å²) in [5.41, 5.74) is 1.70. The van der Waals surface area contributed by atoms with Crippen molar-refractivity contribution >= 4 is 17.7 Å². The fourth-order valence-electron chi connectivity index (χ4n) is 4.71. The van der Waals surface area contributed by atoms with Gasteiger partial charge in [-0.25, -0.2) is 4.79 Å². The number of cyclic esters (lactones) is 1. The lowest BCUT2D eigenvalue weighted by Gasteiger charge is -2.45. The average Bonchev–Trinajstić information content (AvgIpc) is 2.80. The zero-order valence-corrected chi connectivity index (χ0v) is 16.5. The van der Waals surface area contributed by atoms with E-state index in [0.717, 1.165) is 11.1 Å². The Morgan fingerprint density at radius 3 is 2.13 bits per heavy atom. The molecule has 0 spiro atoms. The van der Waals surface area contributed by atoms with Crippen LogP contribution < -0.4 is 4.74 Å². The first-order chi connectivity index (χ1) is 14.7. The summed E-state index contributed by atoms with van der Waals surface area (Å²) in [5.74, 6) is -0.553. The summed E-state index contributed by atoms with van der Waals surface area (Å²) in [4.78, 5) is 26.9. The van der Waals surface area contributed by atoms with E-state index in [1.807, 2.05) is 85.8 Å². The molecule has 2 aliphatic rings. The number of fused-ring (bicyclic) bond motifs is 3. The molecule has 4 heteroatoms. The number of carbonyl (C=O) groups excluding carboxylic acids is 2. The molecule has 4 nitrogen and oxygen atoms in total. The summed E-state index contributed by atoms with van der Waals surface area (Å²) in [5, 5.41) is 0. The van der Waals surface area contributed by atoms with Gasteiger partial charge in [0.1, 0.15) is 16.9 Å². The molecule has 0 saturated carbocycles. The molecule has 2 aliphatic heterocycles. The molecule has 2 atom stereocenters. The summed E-state index contributed by atoms with van der Waals surface area (Å²) < 4.78 is 11.6. The van der Waals surface area contributed by atoms with E-state index in [-0.39, 0.29) is 11.7 Å². The molecule has 2 heterocycles. The Hall–Kier alpha value is -3.66. The van der Waals surface area contributed by atoms with Crippen LogP contribution in [0, 0.1) is 0 Å². The van der Waals surface area contributed by atoms with Crippen LogP contribution in [0.15, 0.2) is 90.5 Å². The van der Waals surface area contributed by atoms with Crippen molar-refractivity contribution in [2.45, 2.75) is 24.7 Å². The van der Waals surface area contributed by atoms with Gasteiger partial charge in [0.15, 0.2) is 0 Å². The number of benzene rings is 3. The van der Waals surface area contributed by atoms with Crippen LogP contribution in [0.1, 0.15) is 36.0 Å². The van der Waals surface area contributed by atoms with Gasteiger partial charge in [0.05, 0.1) is 5.57 Å². The molecule has 0 fully saturated rings. The van der Waals surface area contributed by atoms with E-state index in [1.165, 1.54) is 0 Å². The van der Waals surface area contributed by atoms with Gasteiger partial charge in [-0.1, -0.05) is 85.8 Å². The Labute approximate surface area is 174 Å². The third-order valence-corrected chi connectivity index (χ3v) is 6.12. The van der Waals surface area contributed by atoms with Crippen LogP contribution in [-0.2, 0) is 19.7 Å². The lowest BCUT2D eigenvalue weighted by atomic mass is 9.61. The first-order valence-corrected chi connectivity index (χ1v) is 10.1. The van der Waals surface area contributed by atoms with Crippen LogP contribution in [0.3, 0.4) is 0 Å². The second kappa shape index (κ2) is 6.99. The minimum absolute atomic E-state index is 0.283. The molecule has 0 aliphatic carbocycles. The number of hydrogen-bond donors (Lipinski definition) is 0. The fraction of sp³-hybridized carbons (Fsp3) is 0.154.